The van der Waals surface area contributed by atoms with Crippen LogP contribution in [0.2, 0.25) is 0 Å². The fourth-order valence-electron chi connectivity index (χ4n) is 5.14. The van der Waals surface area contributed by atoms with E-state index in [0.717, 1.165) is 44.1 Å². The van der Waals surface area contributed by atoms with E-state index in [1.54, 1.807) is 48.5 Å². The van der Waals surface area contributed by atoms with E-state index in [9.17, 15) is 8.78 Å². The Labute approximate surface area is 217 Å². The summed E-state index contributed by atoms with van der Waals surface area (Å²) in [5, 5.41) is 0. The summed E-state index contributed by atoms with van der Waals surface area (Å²) in [6, 6.07) is 12.9. The number of hydrogen-bond acceptors (Lipinski definition) is 0. The third kappa shape index (κ3) is 6.06. The number of unbranched alkanes of at least 4 members (excludes halogenated alkanes) is 3. The van der Waals surface area contributed by atoms with Gasteiger partial charge in [-0.1, -0.05) is 92.9 Å². The Balaban J connectivity index is 1.53. The number of aryl methyl sites for hydroxylation is 1. The molecule has 3 aromatic rings. The quantitative estimate of drug-likeness (QED) is 0.154. The van der Waals surface area contributed by atoms with E-state index in [1.807, 2.05) is 19.1 Å². The molecule has 4 rings (SSSR count). The summed E-state index contributed by atoms with van der Waals surface area (Å²) in [6.07, 6.45) is 13.1. The van der Waals surface area contributed by atoms with Crippen molar-refractivity contribution >= 4 is 5.57 Å². The summed E-state index contributed by atoms with van der Waals surface area (Å²) in [5.74, 6) is -2.98. The lowest BCUT2D eigenvalue weighted by Crippen LogP contribution is -2.05. The molecule has 1 atom stereocenters. The van der Waals surface area contributed by atoms with Crippen molar-refractivity contribution in [1.82, 2.24) is 0 Å². The van der Waals surface area contributed by atoms with Crippen molar-refractivity contribution in [3.8, 4) is 22.3 Å². The maximum Gasteiger partial charge on any atom is 0.167 e. The molecule has 0 nitrogen and oxygen atoms in total. The first-order valence-corrected chi connectivity index (χ1v) is 13.3. The van der Waals surface area contributed by atoms with Crippen LogP contribution in [0.3, 0.4) is 0 Å². The van der Waals surface area contributed by atoms with E-state index in [2.05, 4.69) is 13.0 Å². The SMILES string of the molecule is CC=CC1CC=C(c2ccc(-c3ccc(-c4ccc(CCCCCC)c(F)c4F)cc3)c(F)c2F)CC1. The molecule has 1 aliphatic rings. The molecule has 0 aliphatic heterocycles. The van der Waals surface area contributed by atoms with Gasteiger partial charge in [-0.05, 0) is 67.2 Å². The number of hydrogen-bond donors (Lipinski definition) is 0. The Morgan fingerprint density at radius 3 is 1.92 bits per heavy atom. The second-order valence-electron chi connectivity index (χ2n) is 9.87. The Morgan fingerprint density at radius 2 is 1.32 bits per heavy atom. The molecule has 1 aliphatic carbocycles. The molecule has 0 spiro atoms. The zero-order valence-electron chi connectivity index (χ0n) is 21.6. The molecule has 3 aromatic carbocycles. The minimum atomic E-state index is -0.897. The molecule has 0 N–H and O–H groups in total. The lowest BCUT2D eigenvalue weighted by molar-refractivity contribution is 0.498. The largest absolute Gasteiger partial charge is 0.203 e. The van der Waals surface area contributed by atoms with Crippen LogP contribution in [0.1, 0.15) is 69.9 Å². The van der Waals surface area contributed by atoms with E-state index in [1.165, 1.54) is 0 Å². The van der Waals surface area contributed by atoms with Crippen LogP contribution in [0, 0.1) is 29.2 Å². The topological polar surface area (TPSA) is 0 Å². The van der Waals surface area contributed by atoms with Gasteiger partial charge < -0.3 is 0 Å². The van der Waals surface area contributed by atoms with Crippen molar-refractivity contribution in [3.63, 3.8) is 0 Å². The minimum Gasteiger partial charge on any atom is -0.203 e. The molecule has 0 fully saturated rings. The lowest BCUT2D eigenvalue weighted by atomic mass is 9.85. The van der Waals surface area contributed by atoms with E-state index in [4.69, 9.17) is 0 Å². The van der Waals surface area contributed by atoms with Gasteiger partial charge in [0, 0.05) is 16.7 Å². The van der Waals surface area contributed by atoms with Crippen molar-refractivity contribution in [2.24, 2.45) is 5.92 Å². The van der Waals surface area contributed by atoms with E-state index in [0.29, 0.717) is 41.0 Å². The van der Waals surface area contributed by atoms with E-state index >= 15 is 8.78 Å². The first kappa shape index (κ1) is 26.9. The number of allylic oxidation sites excluding steroid dienone is 4. The zero-order valence-corrected chi connectivity index (χ0v) is 21.6. The van der Waals surface area contributed by atoms with Gasteiger partial charge in [0.25, 0.3) is 0 Å². The smallest absolute Gasteiger partial charge is 0.167 e. The highest BCUT2D eigenvalue weighted by atomic mass is 19.2. The monoisotopic (exact) mass is 506 g/mol. The first-order chi connectivity index (χ1) is 17.9. The molecular weight excluding hydrogens is 472 g/mol. The van der Waals surface area contributed by atoms with Crippen LogP contribution in [0.5, 0.6) is 0 Å². The van der Waals surface area contributed by atoms with Gasteiger partial charge in [0.2, 0.25) is 0 Å². The average molecular weight is 507 g/mol. The second kappa shape index (κ2) is 12.4. The molecule has 37 heavy (non-hydrogen) atoms. The summed E-state index contributed by atoms with van der Waals surface area (Å²) in [5.41, 5.74) is 2.80. The number of halogens is 4. The Kier molecular flexibility index (Phi) is 9.02. The number of benzene rings is 3. The first-order valence-electron chi connectivity index (χ1n) is 13.3. The van der Waals surface area contributed by atoms with Gasteiger partial charge >= 0.3 is 0 Å². The molecule has 0 saturated heterocycles. The normalized spacial score (nSPS) is 15.8. The van der Waals surface area contributed by atoms with Gasteiger partial charge in [0.1, 0.15) is 0 Å². The van der Waals surface area contributed by atoms with Crippen molar-refractivity contribution < 1.29 is 17.6 Å². The molecule has 0 radical (unpaired) electrons. The molecule has 0 bridgehead atoms. The van der Waals surface area contributed by atoms with Gasteiger partial charge in [-0.2, -0.15) is 0 Å². The fourth-order valence-corrected chi connectivity index (χ4v) is 5.14. The average Bonchev–Trinajstić information content (AvgIpc) is 2.91. The van der Waals surface area contributed by atoms with Crippen molar-refractivity contribution in [2.45, 2.75) is 65.2 Å². The summed E-state index contributed by atoms with van der Waals surface area (Å²) >= 11 is 0. The van der Waals surface area contributed by atoms with Gasteiger partial charge in [-0.15, -0.1) is 0 Å². The molecule has 0 amide bonds. The predicted octanol–water partition coefficient (Wildman–Crippen LogP) is 10.5. The van der Waals surface area contributed by atoms with Crippen molar-refractivity contribution in [1.29, 1.82) is 0 Å². The van der Waals surface area contributed by atoms with E-state index in [-0.39, 0.29) is 11.1 Å². The van der Waals surface area contributed by atoms with Gasteiger partial charge in [-0.3, -0.25) is 0 Å². The standard InChI is InChI=1S/C33H34F4/c1-3-5-6-7-9-26-18-19-27(31(35)30(26)34)24-14-16-25(17-15-24)29-21-20-28(32(36)33(29)37)23-12-10-22(8-4-2)11-13-23/h4,8,12,14-22H,3,5-7,9-11,13H2,1-2H3. The number of rotatable bonds is 9. The van der Waals surface area contributed by atoms with Crippen LogP contribution in [0.4, 0.5) is 17.6 Å². The maximum atomic E-state index is 15.1. The minimum absolute atomic E-state index is 0.144. The highest BCUT2D eigenvalue weighted by Gasteiger charge is 2.21. The molecule has 0 heterocycles. The third-order valence-electron chi connectivity index (χ3n) is 7.31. The van der Waals surface area contributed by atoms with Gasteiger partial charge in [0.15, 0.2) is 23.3 Å². The summed E-state index contributed by atoms with van der Waals surface area (Å²) in [6.45, 7) is 4.09. The molecule has 194 valence electrons. The third-order valence-corrected chi connectivity index (χ3v) is 7.31. The Morgan fingerprint density at radius 1 is 0.730 bits per heavy atom. The molecule has 4 heteroatoms. The van der Waals surface area contributed by atoms with Crippen LogP contribution >= 0.6 is 0 Å². The highest BCUT2D eigenvalue weighted by molar-refractivity contribution is 5.74. The van der Waals surface area contributed by atoms with Crippen LogP contribution in [-0.2, 0) is 6.42 Å². The summed E-state index contributed by atoms with van der Waals surface area (Å²) in [4.78, 5) is 0. The Hall–Kier alpha value is -3.14. The van der Waals surface area contributed by atoms with E-state index < -0.39 is 23.3 Å². The van der Waals surface area contributed by atoms with Crippen LogP contribution in [0.15, 0.2) is 66.8 Å². The zero-order chi connectivity index (χ0) is 26.4. The van der Waals surface area contributed by atoms with Gasteiger partial charge in [0.05, 0.1) is 0 Å². The Bertz CT molecular complexity index is 1280. The molecule has 1 unspecified atom stereocenters. The van der Waals surface area contributed by atoms with Gasteiger partial charge in [-0.25, -0.2) is 17.6 Å². The fraction of sp³-hybridized carbons (Fsp3) is 0.333. The summed E-state index contributed by atoms with van der Waals surface area (Å²) < 4.78 is 59.7. The maximum absolute atomic E-state index is 15.1. The van der Waals surface area contributed by atoms with Crippen LogP contribution in [-0.4, -0.2) is 0 Å². The lowest BCUT2D eigenvalue weighted by Gasteiger charge is -2.20. The molecule has 0 aromatic heterocycles. The molecular formula is C33H34F4. The highest BCUT2D eigenvalue weighted by Crippen LogP contribution is 2.36. The summed E-state index contributed by atoms with van der Waals surface area (Å²) in [7, 11) is 0. The van der Waals surface area contributed by atoms with Crippen molar-refractivity contribution in [2.75, 3.05) is 0 Å². The predicted molar refractivity (Wildman–Crippen MR) is 145 cm³/mol. The van der Waals surface area contributed by atoms with Crippen LogP contribution < -0.4 is 0 Å². The van der Waals surface area contributed by atoms with Crippen LogP contribution in [0.25, 0.3) is 27.8 Å². The van der Waals surface area contributed by atoms with Crippen molar-refractivity contribution in [3.05, 3.63) is 101 Å². The molecule has 0 saturated carbocycles. The second-order valence-corrected chi connectivity index (χ2v) is 9.87.